The largest absolute Gasteiger partial charge is 0.300 e. The average Bonchev–Trinajstić information content (AvgIpc) is 3.08. The zero-order valence-electron chi connectivity index (χ0n) is 12.3. The van der Waals surface area contributed by atoms with Gasteiger partial charge in [0, 0.05) is 23.2 Å². The molecule has 0 saturated carbocycles. The normalized spacial score (nSPS) is 11.9. The first kappa shape index (κ1) is 15.1. The summed E-state index contributed by atoms with van der Waals surface area (Å²) in [4.78, 5) is 28.3. The molecule has 3 rings (SSSR count). The highest BCUT2D eigenvalue weighted by Gasteiger charge is 2.18. The summed E-state index contributed by atoms with van der Waals surface area (Å²) in [6.07, 6.45) is 1.60. The fourth-order valence-electron chi connectivity index (χ4n) is 2.07. The van der Waals surface area contributed by atoms with Crippen molar-refractivity contribution < 1.29 is 4.79 Å². The van der Waals surface area contributed by atoms with Crippen molar-refractivity contribution >= 4 is 22.4 Å². The highest BCUT2D eigenvalue weighted by Crippen LogP contribution is 2.16. The van der Waals surface area contributed by atoms with E-state index in [4.69, 9.17) is 0 Å². The van der Waals surface area contributed by atoms with Gasteiger partial charge in [-0.15, -0.1) is 11.3 Å². The lowest BCUT2D eigenvalue weighted by molar-refractivity contribution is -0.119. The highest BCUT2D eigenvalue weighted by molar-refractivity contribution is 7.13. The minimum absolute atomic E-state index is 0.327. The molecule has 6 nitrogen and oxygen atoms in total. The van der Waals surface area contributed by atoms with Crippen molar-refractivity contribution in [3.63, 3.8) is 0 Å². The molecule has 1 atom stereocenters. The van der Waals surface area contributed by atoms with Crippen molar-refractivity contribution in [3.05, 3.63) is 64.4 Å². The number of hydrogen-bond donors (Lipinski definition) is 1. The van der Waals surface area contributed by atoms with Crippen LogP contribution in [0.5, 0.6) is 0 Å². The molecule has 0 aliphatic heterocycles. The Morgan fingerprint density at radius 1 is 1.22 bits per heavy atom. The maximum atomic E-state index is 12.3. The average molecular weight is 326 g/mol. The smallest absolute Gasteiger partial charge is 0.267 e. The molecule has 0 radical (unpaired) electrons. The topological polar surface area (TPSA) is 76.9 Å². The highest BCUT2D eigenvalue weighted by atomic mass is 32.1. The Kier molecular flexibility index (Phi) is 4.29. The number of carbonyl (C=O) groups excluding carboxylic acids is 1. The van der Waals surface area contributed by atoms with Crippen LogP contribution in [0, 0.1) is 0 Å². The molecule has 0 unspecified atom stereocenters. The van der Waals surface area contributed by atoms with E-state index in [1.807, 2.05) is 30.3 Å². The standard InChI is InChI=1S/C16H14N4O2S/c1-11(15(22)18-16-17-9-10-23-16)20-14(21)8-7-13(19-20)12-5-3-2-4-6-12/h2-11H,1H3,(H,17,18,22)/t11-/m0/s1. The third-order valence-corrected chi connectivity index (χ3v) is 3.99. The van der Waals surface area contributed by atoms with Gasteiger partial charge in [-0.3, -0.25) is 9.59 Å². The number of amides is 1. The molecule has 1 aromatic carbocycles. The first-order valence-electron chi connectivity index (χ1n) is 7.01. The van der Waals surface area contributed by atoms with Crippen molar-refractivity contribution in [2.45, 2.75) is 13.0 Å². The maximum Gasteiger partial charge on any atom is 0.267 e. The zero-order valence-corrected chi connectivity index (χ0v) is 13.2. The van der Waals surface area contributed by atoms with Gasteiger partial charge >= 0.3 is 0 Å². The summed E-state index contributed by atoms with van der Waals surface area (Å²) in [5.41, 5.74) is 1.19. The predicted molar refractivity (Wildman–Crippen MR) is 89.4 cm³/mol. The number of carbonyl (C=O) groups is 1. The van der Waals surface area contributed by atoms with E-state index in [9.17, 15) is 9.59 Å². The monoisotopic (exact) mass is 326 g/mol. The second-order valence-corrected chi connectivity index (χ2v) is 5.76. The molecular weight excluding hydrogens is 312 g/mol. The van der Waals surface area contributed by atoms with E-state index in [1.165, 1.54) is 22.1 Å². The molecular formula is C16H14N4O2S. The van der Waals surface area contributed by atoms with Gasteiger partial charge in [0.1, 0.15) is 6.04 Å². The number of thiazole rings is 1. The van der Waals surface area contributed by atoms with Crippen LogP contribution in [0.3, 0.4) is 0 Å². The molecule has 1 N–H and O–H groups in total. The number of rotatable bonds is 4. The van der Waals surface area contributed by atoms with Gasteiger partial charge in [0.15, 0.2) is 5.13 Å². The van der Waals surface area contributed by atoms with Gasteiger partial charge in [-0.25, -0.2) is 9.67 Å². The van der Waals surface area contributed by atoms with E-state index in [-0.39, 0.29) is 11.5 Å². The van der Waals surface area contributed by atoms with E-state index >= 15 is 0 Å². The lowest BCUT2D eigenvalue weighted by atomic mass is 10.1. The quantitative estimate of drug-likeness (QED) is 0.799. The van der Waals surface area contributed by atoms with Crippen LogP contribution >= 0.6 is 11.3 Å². The van der Waals surface area contributed by atoms with E-state index in [0.29, 0.717) is 10.8 Å². The third-order valence-electron chi connectivity index (χ3n) is 3.30. The summed E-state index contributed by atoms with van der Waals surface area (Å²) in [5.74, 6) is -0.334. The van der Waals surface area contributed by atoms with Gasteiger partial charge in [0.05, 0.1) is 5.69 Å². The molecule has 0 spiro atoms. The molecule has 0 aliphatic carbocycles. The van der Waals surface area contributed by atoms with Gasteiger partial charge < -0.3 is 5.32 Å². The predicted octanol–water partition coefficient (Wildman–Crippen LogP) is 2.57. The van der Waals surface area contributed by atoms with Crippen LogP contribution in [-0.2, 0) is 4.79 Å². The fraction of sp³-hybridized carbons (Fsp3) is 0.125. The first-order valence-corrected chi connectivity index (χ1v) is 7.89. The van der Waals surface area contributed by atoms with Gasteiger partial charge in [0.2, 0.25) is 0 Å². The molecule has 0 saturated heterocycles. The Morgan fingerprint density at radius 2 is 2.00 bits per heavy atom. The second kappa shape index (κ2) is 6.53. The van der Waals surface area contributed by atoms with Crippen molar-refractivity contribution in [2.24, 2.45) is 0 Å². The second-order valence-electron chi connectivity index (χ2n) is 4.87. The molecule has 0 aliphatic rings. The lowest BCUT2D eigenvalue weighted by Gasteiger charge is -2.14. The summed E-state index contributed by atoms with van der Waals surface area (Å²) in [6.45, 7) is 1.63. The number of aromatic nitrogens is 3. The molecule has 116 valence electrons. The summed E-state index contributed by atoms with van der Waals surface area (Å²) < 4.78 is 1.19. The zero-order chi connectivity index (χ0) is 16.2. The molecule has 2 aromatic heterocycles. The fourth-order valence-corrected chi connectivity index (χ4v) is 2.60. The molecule has 3 aromatic rings. The number of anilines is 1. The summed E-state index contributed by atoms with van der Waals surface area (Å²) in [6, 6.07) is 11.8. The van der Waals surface area contributed by atoms with Crippen molar-refractivity contribution in [1.29, 1.82) is 0 Å². The van der Waals surface area contributed by atoms with Crippen molar-refractivity contribution in [3.8, 4) is 11.3 Å². The molecule has 1 amide bonds. The van der Waals surface area contributed by atoms with Crippen molar-refractivity contribution in [1.82, 2.24) is 14.8 Å². The van der Waals surface area contributed by atoms with Crippen LogP contribution < -0.4 is 10.9 Å². The Balaban J connectivity index is 1.89. The van der Waals surface area contributed by atoms with Crippen LogP contribution in [0.1, 0.15) is 13.0 Å². The number of nitrogens with zero attached hydrogens (tertiary/aromatic N) is 3. The summed E-state index contributed by atoms with van der Waals surface area (Å²) in [5, 5.41) is 9.25. The van der Waals surface area contributed by atoms with Gasteiger partial charge in [-0.1, -0.05) is 30.3 Å². The Morgan fingerprint density at radius 3 is 2.70 bits per heavy atom. The number of hydrogen-bond acceptors (Lipinski definition) is 5. The van der Waals surface area contributed by atoms with E-state index in [1.54, 1.807) is 24.6 Å². The van der Waals surface area contributed by atoms with Crippen LogP contribution in [0.15, 0.2) is 58.8 Å². The molecule has 23 heavy (non-hydrogen) atoms. The van der Waals surface area contributed by atoms with Crippen LogP contribution in [0.2, 0.25) is 0 Å². The van der Waals surface area contributed by atoms with Gasteiger partial charge in [-0.2, -0.15) is 5.10 Å². The Labute approximate surface area is 136 Å². The minimum Gasteiger partial charge on any atom is -0.300 e. The van der Waals surface area contributed by atoms with Gasteiger partial charge in [-0.05, 0) is 13.0 Å². The van der Waals surface area contributed by atoms with Crippen LogP contribution in [0.4, 0.5) is 5.13 Å². The molecule has 0 bridgehead atoms. The molecule has 7 heteroatoms. The SMILES string of the molecule is C[C@@H](C(=O)Nc1nccs1)n1nc(-c2ccccc2)ccc1=O. The van der Waals surface area contributed by atoms with Crippen LogP contribution in [0.25, 0.3) is 11.3 Å². The van der Waals surface area contributed by atoms with Gasteiger partial charge in [0.25, 0.3) is 11.5 Å². The third kappa shape index (κ3) is 3.35. The first-order chi connectivity index (χ1) is 11.1. The maximum absolute atomic E-state index is 12.3. The Bertz CT molecular complexity index is 859. The van der Waals surface area contributed by atoms with Crippen molar-refractivity contribution in [2.75, 3.05) is 5.32 Å². The summed E-state index contributed by atoms with van der Waals surface area (Å²) in [7, 11) is 0. The number of nitrogens with one attached hydrogen (secondary N) is 1. The molecule has 0 fully saturated rings. The summed E-state index contributed by atoms with van der Waals surface area (Å²) >= 11 is 1.32. The van der Waals surface area contributed by atoms with E-state index < -0.39 is 6.04 Å². The van der Waals surface area contributed by atoms with E-state index in [2.05, 4.69) is 15.4 Å². The van der Waals surface area contributed by atoms with E-state index in [0.717, 1.165) is 5.56 Å². The lowest BCUT2D eigenvalue weighted by Crippen LogP contribution is -2.33. The number of benzene rings is 1. The van der Waals surface area contributed by atoms with Crippen LogP contribution in [-0.4, -0.2) is 20.7 Å². The minimum atomic E-state index is -0.741. The Hall–Kier alpha value is -2.80. The molecule has 2 heterocycles.